The van der Waals surface area contributed by atoms with E-state index in [1.807, 2.05) is 0 Å². The average molecular weight is 194 g/mol. The third-order valence-electron chi connectivity index (χ3n) is 2.21. The van der Waals surface area contributed by atoms with E-state index in [4.69, 9.17) is 0 Å². The number of hydrogen-bond acceptors (Lipinski definition) is 1. The highest BCUT2D eigenvalue weighted by Gasteiger charge is 2.15. The van der Waals surface area contributed by atoms with Crippen molar-refractivity contribution in [3.05, 3.63) is 41.0 Å². The normalized spacial score (nSPS) is 15.1. The number of carbonyl (C=O) groups excluding carboxylic acids is 1. The molecule has 1 aromatic carbocycles. The summed E-state index contributed by atoms with van der Waals surface area (Å²) in [6, 6.07) is 2.05. The van der Waals surface area contributed by atoms with Crippen LogP contribution in [-0.2, 0) is 11.2 Å². The molecule has 2 rings (SSSR count). The maximum absolute atomic E-state index is 13.3. The Morgan fingerprint density at radius 2 is 2.00 bits per heavy atom. The molecule has 72 valence electrons. The predicted molar refractivity (Wildman–Crippen MR) is 48.7 cm³/mol. The number of ketones is 1. The van der Waals surface area contributed by atoms with Crippen LogP contribution in [-0.4, -0.2) is 5.78 Å². The second-order valence-corrected chi connectivity index (χ2v) is 3.28. The molecule has 1 aromatic rings. The zero-order valence-electron chi connectivity index (χ0n) is 7.39. The Bertz CT molecular complexity index is 422. The molecule has 0 aromatic heterocycles. The molecule has 3 heteroatoms. The minimum absolute atomic E-state index is 0.0500. The molecule has 0 atom stereocenters. The molecule has 0 heterocycles. The topological polar surface area (TPSA) is 17.1 Å². The van der Waals surface area contributed by atoms with Crippen molar-refractivity contribution in [3.8, 4) is 0 Å². The van der Waals surface area contributed by atoms with Crippen LogP contribution >= 0.6 is 0 Å². The van der Waals surface area contributed by atoms with Gasteiger partial charge in [-0.3, -0.25) is 4.79 Å². The second-order valence-electron chi connectivity index (χ2n) is 3.28. The Labute approximate surface area is 80.1 Å². The Morgan fingerprint density at radius 3 is 2.79 bits per heavy atom. The summed E-state index contributed by atoms with van der Waals surface area (Å²) >= 11 is 0. The second kappa shape index (κ2) is 3.33. The quantitative estimate of drug-likeness (QED) is 0.620. The highest BCUT2D eigenvalue weighted by molar-refractivity contribution is 5.85. The summed E-state index contributed by atoms with van der Waals surface area (Å²) in [5.74, 6) is -1.30. The molecule has 0 aliphatic heterocycles. The summed E-state index contributed by atoms with van der Waals surface area (Å²) in [5.41, 5.74) is 0.763. The van der Waals surface area contributed by atoms with Crippen LogP contribution in [0.1, 0.15) is 17.5 Å². The smallest absolute Gasteiger partial charge is 0.141 e. The average Bonchev–Trinajstić information content (AvgIpc) is 2.27. The number of allylic oxidation sites excluding steroid dienone is 1. The Hall–Kier alpha value is -1.51. The Balaban J connectivity index is 2.59. The van der Waals surface area contributed by atoms with E-state index in [-0.39, 0.29) is 18.6 Å². The van der Waals surface area contributed by atoms with Gasteiger partial charge in [0.15, 0.2) is 0 Å². The number of carbonyl (C=O) groups is 1. The van der Waals surface area contributed by atoms with E-state index >= 15 is 0 Å². The van der Waals surface area contributed by atoms with Crippen LogP contribution in [0.15, 0.2) is 18.2 Å². The number of fused-ring (bicyclic) bond motifs is 1. The van der Waals surface area contributed by atoms with Gasteiger partial charge in [-0.2, -0.15) is 0 Å². The van der Waals surface area contributed by atoms with Crippen LogP contribution in [0.5, 0.6) is 0 Å². The van der Waals surface area contributed by atoms with E-state index in [0.29, 0.717) is 11.1 Å². The lowest BCUT2D eigenvalue weighted by Crippen LogP contribution is -2.03. The molecule has 0 saturated heterocycles. The van der Waals surface area contributed by atoms with Crippen molar-refractivity contribution in [3.63, 3.8) is 0 Å². The summed E-state index contributed by atoms with van der Waals surface area (Å²) in [5, 5.41) is 0. The summed E-state index contributed by atoms with van der Waals surface area (Å²) in [7, 11) is 0. The lowest BCUT2D eigenvalue weighted by atomic mass is 10.0. The third-order valence-corrected chi connectivity index (χ3v) is 2.21. The monoisotopic (exact) mass is 194 g/mol. The lowest BCUT2D eigenvalue weighted by molar-refractivity contribution is -0.117. The van der Waals surface area contributed by atoms with Gasteiger partial charge < -0.3 is 0 Å². The van der Waals surface area contributed by atoms with Crippen molar-refractivity contribution in [2.45, 2.75) is 12.8 Å². The van der Waals surface area contributed by atoms with Gasteiger partial charge in [0.05, 0.1) is 0 Å². The molecule has 1 aliphatic rings. The predicted octanol–water partition coefficient (Wildman–Crippen LogP) is 2.49. The summed E-state index contributed by atoms with van der Waals surface area (Å²) < 4.78 is 26.1. The largest absolute Gasteiger partial charge is 0.299 e. The molecule has 0 spiro atoms. The van der Waals surface area contributed by atoms with E-state index in [1.54, 1.807) is 12.2 Å². The van der Waals surface area contributed by atoms with Gasteiger partial charge in [-0.15, -0.1) is 0 Å². The van der Waals surface area contributed by atoms with Crippen molar-refractivity contribution in [1.29, 1.82) is 0 Å². The fourth-order valence-electron chi connectivity index (χ4n) is 1.55. The van der Waals surface area contributed by atoms with Crippen LogP contribution in [0.3, 0.4) is 0 Å². The van der Waals surface area contributed by atoms with Gasteiger partial charge in [0, 0.05) is 24.5 Å². The minimum atomic E-state index is -0.639. The van der Waals surface area contributed by atoms with Crippen LogP contribution in [0.25, 0.3) is 6.08 Å². The third kappa shape index (κ3) is 1.58. The van der Waals surface area contributed by atoms with Crippen molar-refractivity contribution in [2.24, 2.45) is 0 Å². The summed E-state index contributed by atoms with van der Waals surface area (Å²) in [6.07, 6.45) is 3.56. The molecule has 0 fully saturated rings. The van der Waals surface area contributed by atoms with E-state index in [1.165, 1.54) is 6.07 Å². The first kappa shape index (κ1) is 9.06. The van der Waals surface area contributed by atoms with Gasteiger partial charge in [-0.1, -0.05) is 12.2 Å². The van der Waals surface area contributed by atoms with Gasteiger partial charge in [0.2, 0.25) is 0 Å². The van der Waals surface area contributed by atoms with E-state index in [9.17, 15) is 13.6 Å². The number of benzene rings is 1. The van der Waals surface area contributed by atoms with Gasteiger partial charge in [0.1, 0.15) is 17.4 Å². The molecule has 0 amide bonds. The van der Waals surface area contributed by atoms with E-state index < -0.39 is 11.6 Å². The summed E-state index contributed by atoms with van der Waals surface area (Å²) in [6.45, 7) is 0. The standard InChI is InChI=1S/C11H8F2O/c12-8-4-7-2-1-3-9(14)6-10(7)11(13)5-8/h1-2,4-5H,3,6H2. The molecule has 0 saturated carbocycles. The molecular weight excluding hydrogens is 186 g/mol. The molecule has 0 bridgehead atoms. The number of rotatable bonds is 0. The first-order valence-electron chi connectivity index (χ1n) is 4.33. The van der Waals surface area contributed by atoms with Gasteiger partial charge in [-0.25, -0.2) is 8.78 Å². The molecule has 14 heavy (non-hydrogen) atoms. The minimum Gasteiger partial charge on any atom is -0.299 e. The highest BCUT2D eigenvalue weighted by Crippen LogP contribution is 2.21. The van der Waals surface area contributed by atoms with Crippen molar-refractivity contribution in [1.82, 2.24) is 0 Å². The van der Waals surface area contributed by atoms with Gasteiger partial charge in [0.25, 0.3) is 0 Å². The lowest BCUT2D eigenvalue weighted by Gasteiger charge is -2.04. The zero-order chi connectivity index (χ0) is 10.1. The van der Waals surface area contributed by atoms with Crippen molar-refractivity contribution >= 4 is 11.9 Å². The highest BCUT2D eigenvalue weighted by atomic mass is 19.1. The first-order chi connectivity index (χ1) is 6.66. The van der Waals surface area contributed by atoms with Crippen molar-refractivity contribution < 1.29 is 13.6 Å². The van der Waals surface area contributed by atoms with Crippen LogP contribution in [0.2, 0.25) is 0 Å². The molecule has 1 nitrogen and oxygen atoms in total. The Kier molecular flexibility index (Phi) is 2.15. The summed E-state index contributed by atoms with van der Waals surface area (Å²) in [4.78, 5) is 11.2. The van der Waals surface area contributed by atoms with Gasteiger partial charge >= 0.3 is 0 Å². The van der Waals surface area contributed by atoms with Crippen LogP contribution in [0.4, 0.5) is 8.78 Å². The molecule has 0 unspecified atom stereocenters. The fourth-order valence-corrected chi connectivity index (χ4v) is 1.55. The SMILES string of the molecule is O=C1CC=Cc2cc(F)cc(F)c2C1. The molecule has 0 N–H and O–H groups in total. The van der Waals surface area contributed by atoms with E-state index in [0.717, 1.165) is 6.07 Å². The van der Waals surface area contributed by atoms with Crippen molar-refractivity contribution in [2.75, 3.05) is 0 Å². The van der Waals surface area contributed by atoms with Gasteiger partial charge in [-0.05, 0) is 11.6 Å². The van der Waals surface area contributed by atoms with E-state index in [2.05, 4.69) is 0 Å². The number of halogens is 2. The maximum atomic E-state index is 13.3. The maximum Gasteiger partial charge on any atom is 0.141 e. The molecular formula is C11H8F2O. The van der Waals surface area contributed by atoms with Crippen LogP contribution < -0.4 is 0 Å². The number of Topliss-reactive ketones (excluding diaryl/α,β-unsaturated/α-hetero) is 1. The van der Waals surface area contributed by atoms with Crippen LogP contribution in [0, 0.1) is 11.6 Å². The Morgan fingerprint density at radius 1 is 1.21 bits per heavy atom. The number of hydrogen-bond donors (Lipinski definition) is 0. The zero-order valence-corrected chi connectivity index (χ0v) is 7.39. The first-order valence-corrected chi connectivity index (χ1v) is 4.33. The molecule has 0 radical (unpaired) electrons. The molecule has 1 aliphatic carbocycles. The fraction of sp³-hybridized carbons (Fsp3) is 0.182.